The van der Waals surface area contributed by atoms with Crippen LogP contribution in [0.3, 0.4) is 0 Å². The fraction of sp³-hybridized carbons (Fsp3) is 1.00. The summed E-state index contributed by atoms with van der Waals surface area (Å²) in [4.78, 5) is 0. The maximum atomic E-state index is 10.6. The van der Waals surface area contributed by atoms with Crippen molar-refractivity contribution in [3.63, 3.8) is 0 Å². The Kier molecular flexibility index (Phi) is 4.26. The third kappa shape index (κ3) is 4.74. The van der Waals surface area contributed by atoms with Crippen LogP contribution in [0.15, 0.2) is 0 Å². The van der Waals surface area contributed by atoms with Crippen molar-refractivity contribution in [2.75, 3.05) is 18.6 Å². The third-order valence-corrected chi connectivity index (χ3v) is 4.13. The van der Waals surface area contributed by atoms with Crippen LogP contribution in [0.5, 0.6) is 0 Å². The Morgan fingerprint density at radius 3 is 2.44 bits per heavy atom. The smallest absolute Gasteiger partial charge is 0.201 e. The second kappa shape index (κ2) is 4.14. The van der Waals surface area contributed by atoms with Gasteiger partial charge in [0.25, 0.3) is 0 Å². The van der Waals surface area contributed by atoms with Crippen LogP contribution in [0.1, 0.15) is 6.42 Å². The minimum atomic E-state index is -2.92. The van der Waals surface area contributed by atoms with Gasteiger partial charge < -0.3 is 5.11 Å². The fourth-order valence-electron chi connectivity index (χ4n) is 0.325. The van der Waals surface area contributed by atoms with Gasteiger partial charge in [0.05, 0.1) is 5.75 Å². The van der Waals surface area contributed by atoms with Crippen molar-refractivity contribution in [3.8, 4) is 0 Å². The first-order valence-corrected chi connectivity index (χ1v) is 5.91. The van der Waals surface area contributed by atoms with Gasteiger partial charge in [-0.15, -0.1) is 0 Å². The second-order valence-electron chi connectivity index (χ2n) is 1.51. The molecule has 0 radical (unpaired) electrons. The van der Waals surface area contributed by atoms with Crippen molar-refractivity contribution < 1.29 is 13.5 Å². The monoisotopic (exact) mass is 170 g/mol. The topological polar surface area (TPSA) is 54.4 Å². The molecule has 0 aromatic rings. The van der Waals surface area contributed by atoms with Crippen molar-refractivity contribution in [1.29, 1.82) is 0 Å². The molecule has 0 aliphatic heterocycles. The van der Waals surface area contributed by atoms with Crippen LogP contribution in [-0.4, -0.2) is 32.1 Å². The molecule has 0 aromatic heterocycles. The van der Waals surface area contributed by atoms with Gasteiger partial charge in [-0.3, -0.25) is 0 Å². The lowest BCUT2D eigenvalue weighted by atomic mass is 10.5. The van der Waals surface area contributed by atoms with Crippen molar-refractivity contribution in [3.05, 3.63) is 0 Å². The molecule has 0 amide bonds. The molecule has 0 heterocycles. The summed E-state index contributed by atoms with van der Waals surface area (Å²) in [7, 11) is -2.10. The molecule has 0 bridgehead atoms. The molecule has 0 rings (SSSR count). The largest absolute Gasteiger partial charge is 0.396 e. The molecule has 0 atom stereocenters. The lowest BCUT2D eigenvalue weighted by Gasteiger charge is -1.95. The number of hydrogen-bond donors (Lipinski definition) is 1. The van der Waals surface area contributed by atoms with E-state index >= 15 is 0 Å². The third-order valence-electron chi connectivity index (χ3n) is 0.806. The van der Waals surface area contributed by atoms with Gasteiger partial charge in [-0.25, -0.2) is 8.42 Å². The Bertz CT molecular complexity index is 149. The number of hydrogen-bond acceptors (Lipinski definition) is 4. The fourth-order valence-corrected chi connectivity index (χ4v) is 1.83. The maximum absolute atomic E-state index is 10.6. The first-order chi connectivity index (χ1) is 4.12. The van der Waals surface area contributed by atoms with Gasteiger partial charge in [0.1, 0.15) is 0 Å². The summed E-state index contributed by atoms with van der Waals surface area (Å²) in [5.41, 5.74) is 0. The Balaban J connectivity index is 3.61. The predicted molar refractivity (Wildman–Crippen MR) is 39.0 cm³/mol. The summed E-state index contributed by atoms with van der Waals surface area (Å²) in [6, 6.07) is 0. The normalized spacial score (nSPS) is 11.8. The highest BCUT2D eigenvalue weighted by Crippen LogP contribution is 2.08. The molecule has 1 N–H and O–H groups in total. The van der Waals surface area contributed by atoms with E-state index in [0.717, 1.165) is 10.8 Å². The van der Waals surface area contributed by atoms with Crippen LogP contribution >= 0.6 is 10.8 Å². The first-order valence-electron chi connectivity index (χ1n) is 2.51. The van der Waals surface area contributed by atoms with E-state index < -0.39 is 8.87 Å². The predicted octanol–water partition coefficient (Wildman–Crippen LogP) is 0.0616. The van der Waals surface area contributed by atoms with E-state index in [0.29, 0.717) is 6.42 Å². The highest BCUT2D eigenvalue weighted by molar-refractivity contribution is 8.71. The lowest BCUT2D eigenvalue weighted by molar-refractivity contribution is 0.295. The average molecular weight is 170 g/mol. The van der Waals surface area contributed by atoms with Gasteiger partial charge in [0.15, 0.2) is 0 Å². The van der Waals surface area contributed by atoms with Gasteiger partial charge in [0.2, 0.25) is 8.87 Å². The molecule has 9 heavy (non-hydrogen) atoms. The van der Waals surface area contributed by atoms with Gasteiger partial charge in [-0.05, 0) is 23.5 Å². The van der Waals surface area contributed by atoms with Crippen molar-refractivity contribution in [2.45, 2.75) is 6.42 Å². The summed E-state index contributed by atoms with van der Waals surface area (Å²) in [6.07, 6.45) is 1.86. The minimum absolute atomic E-state index is 0.0558. The van der Waals surface area contributed by atoms with E-state index in [1.165, 1.54) is 6.26 Å². The molecule has 0 saturated carbocycles. The van der Waals surface area contributed by atoms with Crippen LogP contribution < -0.4 is 0 Å². The molecule has 0 unspecified atom stereocenters. The van der Waals surface area contributed by atoms with E-state index in [9.17, 15) is 8.42 Å². The van der Waals surface area contributed by atoms with E-state index in [1.807, 2.05) is 0 Å². The van der Waals surface area contributed by atoms with Crippen molar-refractivity contribution in [1.82, 2.24) is 0 Å². The van der Waals surface area contributed by atoms with E-state index in [-0.39, 0.29) is 12.4 Å². The molecule has 0 aliphatic carbocycles. The summed E-state index contributed by atoms with van der Waals surface area (Å²) >= 11 is 0. The minimum Gasteiger partial charge on any atom is -0.396 e. The molecule has 0 aromatic carbocycles. The Labute approximate surface area is 58.8 Å². The highest BCUT2D eigenvalue weighted by atomic mass is 33.1. The molecule has 0 aliphatic rings. The molecular weight excluding hydrogens is 160 g/mol. The zero-order valence-electron chi connectivity index (χ0n) is 5.20. The van der Waals surface area contributed by atoms with Gasteiger partial charge in [0, 0.05) is 6.61 Å². The molecule has 3 nitrogen and oxygen atoms in total. The maximum Gasteiger partial charge on any atom is 0.201 e. The van der Waals surface area contributed by atoms with Gasteiger partial charge in [-0.2, -0.15) is 0 Å². The number of aliphatic hydroxyl groups excluding tert-OH is 1. The lowest BCUT2D eigenvalue weighted by Crippen LogP contribution is -2.01. The Hall–Kier alpha value is 0.260. The molecular formula is C4H10O3S2. The quantitative estimate of drug-likeness (QED) is 0.606. The van der Waals surface area contributed by atoms with Crippen LogP contribution in [0.4, 0.5) is 0 Å². The average Bonchev–Trinajstić information content (AvgIpc) is 1.84. The van der Waals surface area contributed by atoms with Crippen molar-refractivity contribution in [2.24, 2.45) is 0 Å². The van der Waals surface area contributed by atoms with Crippen LogP contribution in [0.2, 0.25) is 0 Å². The number of aliphatic hydroxyl groups is 1. The van der Waals surface area contributed by atoms with E-state index in [4.69, 9.17) is 5.11 Å². The molecule has 0 saturated heterocycles. The Morgan fingerprint density at radius 1 is 1.56 bits per heavy atom. The summed E-state index contributed by atoms with van der Waals surface area (Å²) in [5, 5.41) is 8.25. The molecule has 0 fully saturated rings. The highest BCUT2D eigenvalue weighted by Gasteiger charge is 2.05. The molecule has 0 spiro atoms. The SMILES string of the molecule is CSS(=O)(=O)CCCO. The van der Waals surface area contributed by atoms with Gasteiger partial charge in [-0.1, -0.05) is 0 Å². The van der Waals surface area contributed by atoms with Crippen molar-refractivity contribution >= 4 is 19.7 Å². The first kappa shape index (κ1) is 9.26. The van der Waals surface area contributed by atoms with E-state index in [2.05, 4.69) is 0 Å². The standard InChI is InChI=1S/C4H10O3S2/c1-8-9(6,7)4-2-3-5/h5H,2-4H2,1H3. The van der Waals surface area contributed by atoms with Crippen LogP contribution in [0, 0.1) is 0 Å². The zero-order chi connectivity index (χ0) is 7.33. The summed E-state index contributed by atoms with van der Waals surface area (Å²) in [5.74, 6) is 0.0741. The molecule has 5 heteroatoms. The molecule has 56 valence electrons. The van der Waals surface area contributed by atoms with Gasteiger partial charge >= 0.3 is 0 Å². The number of rotatable bonds is 4. The second-order valence-corrected chi connectivity index (χ2v) is 5.89. The van der Waals surface area contributed by atoms with E-state index in [1.54, 1.807) is 0 Å². The summed E-state index contributed by atoms with van der Waals surface area (Å²) < 4.78 is 21.2. The zero-order valence-corrected chi connectivity index (χ0v) is 6.83. The Morgan fingerprint density at radius 2 is 2.11 bits per heavy atom. The summed E-state index contributed by atoms with van der Waals surface area (Å²) in [6.45, 7) is -0.0558. The van der Waals surface area contributed by atoms with Crippen LogP contribution in [-0.2, 0) is 8.87 Å². The van der Waals surface area contributed by atoms with Crippen LogP contribution in [0.25, 0.3) is 0 Å².